The molecule has 0 unspecified atom stereocenters. The van der Waals surface area contributed by atoms with Gasteiger partial charge in [0.2, 0.25) is 0 Å². The molecule has 0 saturated heterocycles. The van der Waals surface area contributed by atoms with Crippen molar-refractivity contribution in [1.82, 2.24) is 0 Å². The molecule has 0 fully saturated rings. The van der Waals surface area contributed by atoms with Crippen LogP contribution in [0.3, 0.4) is 0 Å². The van der Waals surface area contributed by atoms with Gasteiger partial charge in [-0.2, -0.15) is 5.26 Å². The Morgan fingerprint density at radius 1 is 1.06 bits per heavy atom. The molecule has 0 aliphatic heterocycles. The molecule has 92 valence electrons. The van der Waals surface area contributed by atoms with E-state index < -0.39 is 0 Å². The Kier molecular flexibility index (Phi) is 4.80. The van der Waals surface area contributed by atoms with Crippen LogP contribution in [0.5, 0.6) is 0 Å². The van der Waals surface area contributed by atoms with Gasteiger partial charge in [-0.25, -0.2) is 0 Å². The quantitative estimate of drug-likeness (QED) is 0.787. The lowest BCUT2D eigenvalue weighted by atomic mass is 10.2. The van der Waals surface area contributed by atoms with Gasteiger partial charge in [-0.1, -0.05) is 24.3 Å². The summed E-state index contributed by atoms with van der Waals surface area (Å²) in [4.78, 5) is 3.68. The maximum Gasteiger partial charge on any atom is 0.0640 e. The molecule has 1 aromatic heterocycles. The maximum atomic E-state index is 8.74. The molecule has 3 heteroatoms. The van der Waals surface area contributed by atoms with E-state index in [9.17, 15) is 0 Å². The van der Waals surface area contributed by atoms with Gasteiger partial charge in [-0.3, -0.25) is 0 Å². The second kappa shape index (κ2) is 6.83. The lowest BCUT2D eigenvalue weighted by Gasteiger charge is -2.23. The van der Waals surface area contributed by atoms with Crippen molar-refractivity contribution in [2.45, 2.75) is 12.8 Å². The molecule has 0 saturated carbocycles. The van der Waals surface area contributed by atoms with E-state index in [4.69, 9.17) is 5.26 Å². The van der Waals surface area contributed by atoms with E-state index in [0.29, 0.717) is 6.42 Å². The zero-order valence-corrected chi connectivity index (χ0v) is 11.1. The molecule has 2 rings (SSSR count). The third kappa shape index (κ3) is 3.61. The van der Waals surface area contributed by atoms with Crippen LogP contribution < -0.4 is 4.90 Å². The number of nitriles is 1. The van der Waals surface area contributed by atoms with E-state index >= 15 is 0 Å². The highest BCUT2D eigenvalue weighted by Crippen LogP contribution is 2.16. The van der Waals surface area contributed by atoms with Gasteiger partial charge in [-0.15, -0.1) is 11.3 Å². The van der Waals surface area contributed by atoms with Crippen LogP contribution in [0.25, 0.3) is 0 Å². The predicted molar refractivity (Wildman–Crippen MR) is 76.9 cm³/mol. The Morgan fingerprint density at radius 3 is 2.56 bits per heavy atom. The van der Waals surface area contributed by atoms with Crippen molar-refractivity contribution in [3.8, 4) is 6.07 Å². The van der Waals surface area contributed by atoms with E-state index in [1.54, 1.807) is 11.3 Å². The fourth-order valence-electron chi connectivity index (χ4n) is 1.89. The first-order chi connectivity index (χ1) is 8.90. The number of nitrogens with zero attached hydrogens (tertiary/aromatic N) is 2. The molecule has 0 spiro atoms. The van der Waals surface area contributed by atoms with Crippen molar-refractivity contribution < 1.29 is 0 Å². The summed E-state index contributed by atoms with van der Waals surface area (Å²) >= 11 is 1.79. The molecule has 1 heterocycles. The zero-order chi connectivity index (χ0) is 12.6. The smallest absolute Gasteiger partial charge is 0.0640 e. The van der Waals surface area contributed by atoms with Crippen LogP contribution in [0.4, 0.5) is 5.69 Å². The van der Waals surface area contributed by atoms with Gasteiger partial charge < -0.3 is 4.90 Å². The summed E-state index contributed by atoms with van der Waals surface area (Å²) in [5.41, 5.74) is 1.20. The van der Waals surface area contributed by atoms with Crippen LogP contribution in [0.1, 0.15) is 11.3 Å². The molecule has 0 aliphatic rings. The van der Waals surface area contributed by atoms with E-state index in [2.05, 4.69) is 40.6 Å². The lowest BCUT2D eigenvalue weighted by molar-refractivity contribution is 0.787. The summed E-state index contributed by atoms with van der Waals surface area (Å²) in [6, 6.07) is 16.8. The minimum atomic E-state index is 0.569. The number of benzene rings is 1. The molecule has 1 aromatic carbocycles. The summed E-state index contributed by atoms with van der Waals surface area (Å²) in [6.07, 6.45) is 1.61. The predicted octanol–water partition coefficient (Wildman–Crippen LogP) is 3.71. The molecule has 0 aliphatic carbocycles. The first kappa shape index (κ1) is 12.7. The topological polar surface area (TPSA) is 27.0 Å². The first-order valence-corrected chi connectivity index (χ1v) is 6.97. The Balaban J connectivity index is 1.99. The van der Waals surface area contributed by atoms with Gasteiger partial charge in [0.1, 0.15) is 0 Å². The minimum Gasteiger partial charge on any atom is -0.370 e. The summed E-state index contributed by atoms with van der Waals surface area (Å²) in [7, 11) is 0. The van der Waals surface area contributed by atoms with E-state index in [-0.39, 0.29) is 0 Å². The normalized spacial score (nSPS) is 9.94. The molecular formula is C15H16N2S. The number of para-hydroxylation sites is 1. The molecule has 2 aromatic rings. The Bertz CT molecular complexity index is 485. The third-order valence-electron chi connectivity index (χ3n) is 2.82. The van der Waals surface area contributed by atoms with Gasteiger partial charge in [0, 0.05) is 23.7 Å². The highest BCUT2D eigenvalue weighted by atomic mass is 32.1. The van der Waals surface area contributed by atoms with Crippen LogP contribution in [0, 0.1) is 11.3 Å². The van der Waals surface area contributed by atoms with Crippen molar-refractivity contribution in [1.29, 1.82) is 5.26 Å². The SMILES string of the molecule is N#CCCN(CCc1cccs1)c1ccccc1. The summed E-state index contributed by atoms with van der Waals surface area (Å²) in [5.74, 6) is 0. The van der Waals surface area contributed by atoms with Crippen molar-refractivity contribution in [3.63, 3.8) is 0 Å². The fourth-order valence-corrected chi connectivity index (χ4v) is 2.59. The highest BCUT2D eigenvalue weighted by Gasteiger charge is 2.06. The van der Waals surface area contributed by atoms with Gasteiger partial charge in [-0.05, 0) is 30.0 Å². The summed E-state index contributed by atoms with van der Waals surface area (Å²) < 4.78 is 0. The second-order valence-corrected chi connectivity index (χ2v) is 5.09. The summed E-state index contributed by atoms with van der Waals surface area (Å²) in [5, 5.41) is 10.8. The standard InChI is InChI=1S/C15H16N2S/c16-10-5-11-17(14-6-2-1-3-7-14)12-9-15-8-4-13-18-15/h1-4,6-8,13H,5,9,11-12H2. The molecule has 0 N–H and O–H groups in total. The number of thiophene rings is 1. The minimum absolute atomic E-state index is 0.569. The molecule has 18 heavy (non-hydrogen) atoms. The molecule has 0 radical (unpaired) electrons. The van der Waals surface area contributed by atoms with E-state index in [1.165, 1.54) is 10.6 Å². The van der Waals surface area contributed by atoms with Crippen molar-refractivity contribution in [2.24, 2.45) is 0 Å². The fraction of sp³-hybridized carbons (Fsp3) is 0.267. The number of anilines is 1. The lowest BCUT2D eigenvalue weighted by Crippen LogP contribution is -2.26. The van der Waals surface area contributed by atoms with E-state index in [1.807, 2.05) is 18.2 Å². The molecule has 2 nitrogen and oxygen atoms in total. The number of hydrogen-bond donors (Lipinski definition) is 0. The van der Waals surface area contributed by atoms with E-state index in [0.717, 1.165) is 19.5 Å². The maximum absolute atomic E-state index is 8.74. The van der Waals surface area contributed by atoms with Crippen LogP contribution in [0.15, 0.2) is 47.8 Å². The number of hydrogen-bond acceptors (Lipinski definition) is 3. The third-order valence-corrected chi connectivity index (χ3v) is 3.76. The zero-order valence-electron chi connectivity index (χ0n) is 10.2. The van der Waals surface area contributed by atoms with Gasteiger partial charge in [0.05, 0.1) is 12.5 Å². The molecule has 0 atom stereocenters. The average molecular weight is 256 g/mol. The van der Waals surface area contributed by atoms with Crippen LogP contribution in [0.2, 0.25) is 0 Å². The largest absolute Gasteiger partial charge is 0.370 e. The van der Waals surface area contributed by atoms with Crippen molar-refractivity contribution in [2.75, 3.05) is 18.0 Å². The van der Waals surface area contributed by atoms with Gasteiger partial charge in [0.15, 0.2) is 0 Å². The molecule has 0 amide bonds. The first-order valence-electron chi connectivity index (χ1n) is 6.09. The van der Waals surface area contributed by atoms with Crippen LogP contribution in [-0.4, -0.2) is 13.1 Å². The average Bonchev–Trinajstić information content (AvgIpc) is 2.93. The monoisotopic (exact) mass is 256 g/mol. The van der Waals surface area contributed by atoms with Gasteiger partial charge in [0.25, 0.3) is 0 Å². The van der Waals surface area contributed by atoms with Crippen molar-refractivity contribution in [3.05, 3.63) is 52.7 Å². The van der Waals surface area contributed by atoms with Crippen LogP contribution in [-0.2, 0) is 6.42 Å². The Morgan fingerprint density at radius 2 is 1.89 bits per heavy atom. The Labute approximate surface area is 112 Å². The van der Waals surface area contributed by atoms with Crippen LogP contribution >= 0.6 is 11.3 Å². The molecule has 0 bridgehead atoms. The molecular weight excluding hydrogens is 240 g/mol. The summed E-state index contributed by atoms with van der Waals surface area (Å²) in [6.45, 7) is 1.76. The number of rotatable bonds is 6. The Hall–Kier alpha value is -1.79. The van der Waals surface area contributed by atoms with Gasteiger partial charge >= 0.3 is 0 Å². The second-order valence-electron chi connectivity index (χ2n) is 4.06. The van der Waals surface area contributed by atoms with Crippen molar-refractivity contribution >= 4 is 17.0 Å². The highest BCUT2D eigenvalue weighted by molar-refractivity contribution is 7.09.